The third-order valence-corrected chi connectivity index (χ3v) is 2.38. The topological polar surface area (TPSA) is 103 Å². The molecule has 1 heterocycles. The zero-order valence-corrected chi connectivity index (χ0v) is 9.42. The number of rotatable bonds is 5. The number of carboxylic acids is 1. The van der Waals surface area contributed by atoms with Crippen LogP contribution in [-0.2, 0) is 14.4 Å². The number of hydrogen-bond acceptors (Lipinski definition) is 5. The smallest absolute Gasteiger partial charge is 0.353 e. The van der Waals surface area contributed by atoms with Gasteiger partial charge in [-0.3, -0.25) is 4.79 Å². The van der Waals surface area contributed by atoms with Crippen LogP contribution in [0.15, 0.2) is 5.16 Å². The minimum absolute atomic E-state index is 0.0305. The first kappa shape index (κ1) is 13.0. The second kappa shape index (κ2) is 5.84. The zero-order valence-electron chi connectivity index (χ0n) is 9.42. The molecule has 92 valence electrons. The van der Waals surface area contributed by atoms with Crippen molar-refractivity contribution in [2.24, 2.45) is 5.16 Å². The second-order valence-corrected chi connectivity index (χ2v) is 3.47. The van der Waals surface area contributed by atoms with E-state index in [0.717, 1.165) is 0 Å². The fourth-order valence-corrected chi connectivity index (χ4v) is 1.45. The van der Waals surface area contributed by atoms with E-state index >= 15 is 0 Å². The van der Waals surface area contributed by atoms with Crippen molar-refractivity contribution < 1.29 is 19.5 Å². The van der Waals surface area contributed by atoms with Crippen LogP contribution < -0.4 is 0 Å². The van der Waals surface area contributed by atoms with Crippen molar-refractivity contribution in [3.8, 4) is 6.07 Å². The van der Waals surface area contributed by atoms with Gasteiger partial charge in [0.2, 0.25) is 6.10 Å². The second-order valence-electron chi connectivity index (χ2n) is 3.47. The lowest BCUT2D eigenvalue weighted by Crippen LogP contribution is -2.40. The summed E-state index contributed by atoms with van der Waals surface area (Å²) >= 11 is 0. The number of nitriles is 1. The lowest BCUT2D eigenvalue weighted by Gasteiger charge is -2.21. The SMILES string of the molecule is CCN(CCC#N)C(=O)C1CC(C(=O)O)=NO1. The fraction of sp³-hybridized carbons (Fsp3) is 0.600. The molecule has 0 radical (unpaired) electrons. The first-order valence-corrected chi connectivity index (χ1v) is 5.21. The third kappa shape index (κ3) is 3.17. The molecule has 1 N–H and O–H groups in total. The molecule has 0 aromatic rings. The molecule has 0 saturated carbocycles. The number of carbonyl (C=O) groups is 2. The summed E-state index contributed by atoms with van der Waals surface area (Å²) in [5.41, 5.74) is -0.153. The summed E-state index contributed by atoms with van der Waals surface area (Å²) in [5.74, 6) is -1.51. The number of carboxylic acid groups (broad SMARTS) is 1. The maximum absolute atomic E-state index is 11.9. The number of likely N-dealkylation sites (N-methyl/N-ethyl adjacent to an activating group) is 1. The van der Waals surface area contributed by atoms with Crippen LogP contribution in [0.2, 0.25) is 0 Å². The van der Waals surface area contributed by atoms with Gasteiger partial charge in [-0.1, -0.05) is 5.16 Å². The van der Waals surface area contributed by atoms with Gasteiger partial charge in [-0.25, -0.2) is 4.79 Å². The first-order chi connectivity index (χ1) is 8.10. The molecule has 0 fully saturated rings. The highest BCUT2D eigenvalue weighted by atomic mass is 16.6. The molecule has 1 aliphatic rings. The molecule has 1 atom stereocenters. The standard InChI is InChI=1S/C10H13N3O4/c1-2-13(5-3-4-11)9(14)8-6-7(10(15)16)12-17-8/h8H,2-3,5-6H2,1H3,(H,15,16). The number of oxime groups is 1. The van der Waals surface area contributed by atoms with Crippen LogP contribution in [0.25, 0.3) is 0 Å². The number of aliphatic carboxylic acids is 1. The molecule has 7 nitrogen and oxygen atoms in total. The molecule has 1 unspecified atom stereocenters. The summed E-state index contributed by atoms with van der Waals surface area (Å²) in [4.78, 5) is 28.7. The number of amides is 1. The van der Waals surface area contributed by atoms with Crippen molar-refractivity contribution in [2.45, 2.75) is 25.9 Å². The van der Waals surface area contributed by atoms with Gasteiger partial charge in [-0.05, 0) is 6.92 Å². The highest BCUT2D eigenvalue weighted by Gasteiger charge is 2.33. The molecular weight excluding hydrogens is 226 g/mol. The third-order valence-electron chi connectivity index (χ3n) is 2.38. The van der Waals surface area contributed by atoms with E-state index in [1.165, 1.54) is 4.90 Å². The van der Waals surface area contributed by atoms with Crippen molar-refractivity contribution in [2.75, 3.05) is 13.1 Å². The Balaban J connectivity index is 2.54. The van der Waals surface area contributed by atoms with Gasteiger partial charge < -0.3 is 14.8 Å². The van der Waals surface area contributed by atoms with Gasteiger partial charge in [0.1, 0.15) is 0 Å². The van der Waals surface area contributed by atoms with Crippen LogP contribution in [0.1, 0.15) is 19.8 Å². The predicted octanol–water partition coefficient (Wildman–Crippen LogP) is -0.0219. The van der Waals surface area contributed by atoms with E-state index in [-0.39, 0.29) is 24.5 Å². The lowest BCUT2D eigenvalue weighted by atomic mass is 10.1. The summed E-state index contributed by atoms with van der Waals surface area (Å²) in [5, 5.41) is 20.5. The zero-order chi connectivity index (χ0) is 12.8. The number of hydrogen-bond donors (Lipinski definition) is 1. The Morgan fingerprint density at radius 3 is 2.88 bits per heavy atom. The minimum Gasteiger partial charge on any atom is -0.477 e. The van der Waals surface area contributed by atoms with Gasteiger partial charge >= 0.3 is 5.97 Å². The van der Waals surface area contributed by atoms with Crippen LogP contribution >= 0.6 is 0 Å². The van der Waals surface area contributed by atoms with Crippen molar-refractivity contribution >= 4 is 17.6 Å². The molecule has 1 amide bonds. The average molecular weight is 239 g/mol. The van der Waals surface area contributed by atoms with Crippen LogP contribution in [0.4, 0.5) is 0 Å². The summed E-state index contributed by atoms with van der Waals surface area (Å²) in [7, 11) is 0. The van der Waals surface area contributed by atoms with Gasteiger partial charge in [-0.2, -0.15) is 5.26 Å². The molecule has 1 rings (SSSR count). The Morgan fingerprint density at radius 1 is 1.71 bits per heavy atom. The maximum atomic E-state index is 11.9. The molecule has 0 bridgehead atoms. The van der Waals surface area contributed by atoms with Gasteiger partial charge in [-0.15, -0.1) is 0 Å². The summed E-state index contributed by atoms with van der Waals surface area (Å²) in [6, 6.07) is 1.95. The molecule has 0 aromatic carbocycles. The monoisotopic (exact) mass is 239 g/mol. The summed E-state index contributed by atoms with van der Waals surface area (Å²) in [6.07, 6.45) is -0.671. The predicted molar refractivity (Wildman–Crippen MR) is 57.0 cm³/mol. The Labute approximate surface area is 98.3 Å². The Kier molecular flexibility index (Phi) is 4.46. The fourth-order valence-electron chi connectivity index (χ4n) is 1.45. The molecule has 0 saturated heterocycles. The normalized spacial score (nSPS) is 17.9. The van der Waals surface area contributed by atoms with Crippen LogP contribution in [-0.4, -0.2) is 46.8 Å². The van der Waals surface area contributed by atoms with Crippen molar-refractivity contribution in [1.82, 2.24) is 4.90 Å². The Morgan fingerprint density at radius 2 is 2.41 bits per heavy atom. The van der Waals surface area contributed by atoms with Crippen molar-refractivity contribution in [3.05, 3.63) is 0 Å². The van der Waals surface area contributed by atoms with E-state index in [0.29, 0.717) is 13.1 Å². The summed E-state index contributed by atoms with van der Waals surface area (Å²) < 4.78 is 0. The molecule has 0 aliphatic carbocycles. The lowest BCUT2D eigenvalue weighted by molar-refractivity contribution is -0.141. The Hall–Kier alpha value is -2.10. The van der Waals surface area contributed by atoms with Crippen molar-refractivity contribution in [3.63, 3.8) is 0 Å². The molecule has 1 aliphatic heterocycles. The Bertz CT molecular complexity index is 386. The molecular formula is C10H13N3O4. The summed E-state index contributed by atoms with van der Waals surface area (Å²) in [6.45, 7) is 2.54. The minimum atomic E-state index is -1.18. The van der Waals surface area contributed by atoms with E-state index in [9.17, 15) is 9.59 Å². The van der Waals surface area contributed by atoms with E-state index in [1.807, 2.05) is 6.07 Å². The van der Waals surface area contributed by atoms with E-state index in [2.05, 4.69) is 5.16 Å². The van der Waals surface area contributed by atoms with Gasteiger partial charge in [0.05, 0.1) is 12.5 Å². The largest absolute Gasteiger partial charge is 0.477 e. The van der Waals surface area contributed by atoms with Crippen LogP contribution in [0.5, 0.6) is 0 Å². The molecule has 17 heavy (non-hydrogen) atoms. The number of nitrogens with zero attached hydrogens (tertiary/aromatic N) is 3. The quantitative estimate of drug-likeness (QED) is 0.726. The number of carbonyl (C=O) groups excluding carboxylic acids is 1. The maximum Gasteiger partial charge on any atom is 0.353 e. The highest BCUT2D eigenvalue weighted by Crippen LogP contribution is 2.13. The average Bonchev–Trinajstić information content (AvgIpc) is 2.79. The van der Waals surface area contributed by atoms with Gasteiger partial charge in [0, 0.05) is 19.5 Å². The van der Waals surface area contributed by atoms with Crippen LogP contribution in [0, 0.1) is 11.3 Å². The molecule has 7 heteroatoms. The van der Waals surface area contributed by atoms with Gasteiger partial charge in [0.15, 0.2) is 5.71 Å². The van der Waals surface area contributed by atoms with E-state index < -0.39 is 12.1 Å². The van der Waals surface area contributed by atoms with Crippen molar-refractivity contribution in [1.29, 1.82) is 5.26 Å². The first-order valence-electron chi connectivity index (χ1n) is 5.21. The van der Waals surface area contributed by atoms with E-state index in [1.54, 1.807) is 6.92 Å². The van der Waals surface area contributed by atoms with Gasteiger partial charge in [0.25, 0.3) is 5.91 Å². The van der Waals surface area contributed by atoms with Crippen LogP contribution in [0.3, 0.4) is 0 Å². The highest BCUT2D eigenvalue weighted by molar-refractivity contribution is 6.36. The van der Waals surface area contributed by atoms with E-state index in [4.69, 9.17) is 15.2 Å². The molecule has 0 aromatic heterocycles. The molecule has 0 spiro atoms.